The quantitative estimate of drug-likeness (QED) is 0.179. The van der Waals surface area contributed by atoms with E-state index >= 15 is 0 Å². The molecule has 5 heteroatoms. The van der Waals surface area contributed by atoms with Crippen molar-refractivity contribution in [2.24, 2.45) is 15.9 Å². The Labute approximate surface area is 302 Å². The van der Waals surface area contributed by atoms with Crippen molar-refractivity contribution >= 4 is 55.3 Å². The molecule has 0 bridgehead atoms. The molecule has 0 amide bonds. The van der Waals surface area contributed by atoms with E-state index in [2.05, 4.69) is 192 Å². The van der Waals surface area contributed by atoms with Gasteiger partial charge < -0.3 is 14.0 Å². The number of nitrogens with zero attached hydrogens (tertiary/aromatic N) is 5. The largest absolute Gasteiger partial charge is 0.333 e. The lowest BCUT2D eigenvalue weighted by molar-refractivity contribution is 0.383. The number of aliphatic imine (C=N–C) groups is 2. The van der Waals surface area contributed by atoms with Crippen molar-refractivity contribution in [1.29, 1.82) is 0 Å². The fourth-order valence-electron chi connectivity index (χ4n) is 8.14. The first-order valence-electron chi connectivity index (χ1n) is 18.1. The zero-order chi connectivity index (χ0) is 34.8. The Kier molecular flexibility index (Phi) is 7.07. The van der Waals surface area contributed by atoms with E-state index in [4.69, 9.17) is 9.98 Å². The van der Waals surface area contributed by atoms with Gasteiger partial charge in [-0.1, -0.05) is 116 Å². The molecule has 0 saturated heterocycles. The highest BCUT2D eigenvalue weighted by molar-refractivity contribution is 6.26. The van der Waals surface area contributed by atoms with Crippen molar-refractivity contribution in [1.82, 2.24) is 14.0 Å². The van der Waals surface area contributed by atoms with Crippen LogP contribution in [0.2, 0.25) is 0 Å². The van der Waals surface area contributed by atoms with Gasteiger partial charge in [0.2, 0.25) is 0 Å². The van der Waals surface area contributed by atoms with Crippen molar-refractivity contribution in [2.75, 3.05) is 7.05 Å². The first-order chi connectivity index (χ1) is 25.6. The van der Waals surface area contributed by atoms with Crippen LogP contribution in [-0.2, 0) is 0 Å². The van der Waals surface area contributed by atoms with Crippen LogP contribution in [-0.4, -0.2) is 32.8 Å². The highest BCUT2D eigenvalue weighted by Crippen LogP contribution is 2.42. The molecule has 1 aliphatic heterocycles. The smallest absolute Gasteiger partial charge is 0.159 e. The van der Waals surface area contributed by atoms with Crippen LogP contribution in [0, 0.1) is 5.92 Å². The lowest BCUT2D eigenvalue weighted by Gasteiger charge is -2.33. The Morgan fingerprint density at radius 3 is 1.98 bits per heavy atom. The number of rotatable bonds is 5. The van der Waals surface area contributed by atoms with Crippen LogP contribution in [0.4, 0.5) is 0 Å². The molecule has 0 spiro atoms. The van der Waals surface area contributed by atoms with E-state index in [0.29, 0.717) is 5.92 Å². The number of allylic oxidation sites excluding steroid dienone is 2. The molecular formula is C47H37N5. The number of hydrogen-bond acceptors (Lipinski definition) is 3. The lowest BCUT2D eigenvalue weighted by atomic mass is 9.97. The summed E-state index contributed by atoms with van der Waals surface area (Å²) in [5.74, 6) is 2.22. The van der Waals surface area contributed by atoms with E-state index in [1.165, 1.54) is 43.6 Å². The van der Waals surface area contributed by atoms with Crippen LogP contribution < -0.4 is 0 Å². The van der Waals surface area contributed by atoms with Crippen molar-refractivity contribution in [3.8, 4) is 11.4 Å². The summed E-state index contributed by atoms with van der Waals surface area (Å²) in [7, 11) is 2.10. The molecule has 0 N–H and O–H groups in total. The molecular weight excluding hydrogens is 635 g/mol. The molecule has 10 rings (SSSR count). The molecule has 2 unspecified atom stereocenters. The highest BCUT2D eigenvalue weighted by atomic mass is 15.3. The Bertz CT molecular complexity index is 2780. The number of aromatic nitrogens is 2. The summed E-state index contributed by atoms with van der Waals surface area (Å²) in [6.45, 7) is 2.24. The van der Waals surface area contributed by atoms with Gasteiger partial charge in [-0.25, -0.2) is 9.98 Å². The molecule has 0 radical (unpaired) electrons. The minimum Gasteiger partial charge on any atom is -0.333 e. The predicted octanol–water partition coefficient (Wildman–Crippen LogP) is 11.2. The molecule has 1 aliphatic carbocycles. The zero-order valence-corrected chi connectivity index (χ0v) is 29.2. The number of para-hydroxylation sites is 3. The van der Waals surface area contributed by atoms with E-state index in [0.717, 1.165) is 46.2 Å². The zero-order valence-electron chi connectivity index (χ0n) is 29.2. The molecule has 2 aromatic heterocycles. The lowest BCUT2D eigenvalue weighted by Crippen LogP contribution is -2.35. The van der Waals surface area contributed by atoms with Gasteiger partial charge in [-0.3, -0.25) is 0 Å². The summed E-state index contributed by atoms with van der Waals surface area (Å²) in [6, 6.07) is 52.3. The second kappa shape index (κ2) is 12.1. The summed E-state index contributed by atoms with van der Waals surface area (Å²) in [6.07, 6.45) is 7.54. The average molecular weight is 672 g/mol. The number of benzene rings is 6. The summed E-state index contributed by atoms with van der Waals surface area (Å²) in [5, 5.41) is 5.00. The van der Waals surface area contributed by atoms with Gasteiger partial charge in [0, 0.05) is 51.1 Å². The summed E-state index contributed by atoms with van der Waals surface area (Å²) in [5.41, 5.74) is 10.4. The van der Waals surface area contributed by atoms with Crippen molar-refractivity contribution in [2.45, 2.75) is 19.5 Å². The van der Waals surface area contributed by atoms with E-state index in [1.807, 2.05) is 0 Å². The summed E-state index contributed by atoms with van der Waals surface area (Å²) >= 11 is 0. The predicted molar refractivity (Wildman–Crippen MR) is 217 cm³/mol. The maximum atomic E-state index is 5.21. The van der Waals surface area contributed by atoms with E-state index < -0.39 is 0 Å². The minimum absolute atomic E-state index is 0.173. The van der Waals surface area contributed by atoms with E-state index in [1.54, 1.807) is 0 Å². The Balaban J connectivity index is 1.14. The number of hydrogen-bond donors (Lipinski definition) is 0. The standard InChI is InChI=1S/C47H37N5/c1-31-21-23-32(24-22-31)45-48-46(33-13-5-3-6-14-33)50(2)47(49-45)34-25-27-36(28-26-34)51-41-20-12-10-18-39(41)43-42(51)30-29-38-37-17-9-11-19-40(37)52(44(38)43)35-15-7-4-8-16-35/h3-21,23-31,46H,22H2,1-2H3. The maximum absolute atomic E-state index is 5.21. The third kappa shape index (κ3) is 4.77. The monoisotopic (exact) mass is 671 g/mol. The Morgan fingerprint density at radius 2 is 1.25 bits per heavy atom. The van der Waals surface area contributed by atoms with Gasteiger partial charge in [0.15, 0.2) is 5.84 Å². The van der Waals surface area contributed by atoms with Gasteiger partial charge in [-0.15, -0.1) is 0 Å². The molecule has 2 atom stereocenters. The fourth-order valence-corrected chi connectivity index (χ4v) is 8.14. The Morgan fingerprint density at radius 1 is 0.596 bits per heavy atom. The van der Waals surface area contributed by atoms with Gasteiger partial charge in [-0.2, -0.15) is 0 Å². The molecule has 0 saturated carbocycles. The molecule has 0 fully saturated rings. The molecule has 8 aromatic rings. The average Bonchev–Trinajstić information content (AvgIpc) is 3.72. The molecule has 2 aliphatic rings. The van der Waals surface area contributed by atoms with Crippen LogP contribution in [0.25, 0.3) is 55.0 Å². The van der Waals surface area contributed by atoms with Crippen LogP contribution in [0.1, 0.15) is 30.6 Å². The fraction of sp³-hybridized carbons (Fsp3) is 0.106. The highest BCUT2D eigenvalue weighted by Gasteiger charge is 2.28. The van der Waals surface area contributed by atoms with Gasteiger partial charge in [-0.05, 0) is 72.5 Å². The van der Waals surface area contributed by atoms with E-state index in [-0.39, 0.29) is 6.17 Å². The van der Waals surface area contributed by atoms with Gasteiger partial charge >= 0.3 is 0 Å². The van der Waals surface area contributed by atoms with Crippen LogP contribution in [0.3, 0.4) is 0 Å². The third-order valence-corrected chi connectivity index (χ3v) is 10.7. The van der Waals surface area contributed by atoms with Crippen LogP contribution in [0.5, 0.6) is 0 Å². The van der Waals surface area contributed by atoms with Crippen LogP contribution in [0.15, 0.2) is 179 Å². The van der Waals surface area contributed by atoms with Gasteiger partial charge in [0.1, 0.15) is 12.0 Å². The molecule has 3 heterocycles. The number of fused-ring (bicyclic) bond motifs is 7. The molecule has 52 heavy (non-hydrogen) atoms. The van der Waals surface area contributed by atoms with E-state index in [9.17, 15) is 0 Å². The third-order valence-electron chi connectivity index (χ3n) is 10.7. The van der Waals surface area contributed by atoms with Gasteiger partial charge in [0.05, 0.1) is 22.1 Å². The minimum atomic E-state index is -0.173. The molecule has 6 aromatic carbocycles. The summed E-state index contributed by atoms with van der Waals surface area (Å²) < 4.78 is 4.84. The van der Waals surface area contributed by atoms with Gasteiger partial charge in [0.25, 0.3) is 0 Å². The molecule has 250 valence electrons. The van der Waals surface area contributed by atoms with Crippen LogP contribution >= 0.6 is 0 Å². The second-order valence-corrected chi connectivity index (χ2v) is 14.0. The first kappa shape index (κ1) is 30.4. The SMILES string of the molecule is CC1C=CC(C2=NC(c3ccccc3)N(C)C(c3ccc(-n4c5ccccc5c5c4ccc4c6ccccc6n(-c6ccccc6)c45)cc3)=N2)=CC1. The maximum Gasteiger partial charge on any atom is 0.159 e. The van der Waals surface area contributed by atoms with Crippen molar-refractivity contribution in [3.63, 3.8) is 0 Å². The second-order valence-electron chi connectivity index (χ2n) is 14.0. The van der Waals surface area contributed by atoms with Crippen molar-refractivity contribution < 1.29 is 0 Å². The Hall–Kier alpha value is -6.46. The number of amidine groups is 2. The molecule has 5 nitrogen and oxygen atoms in total. The normalized spacial score (nSPS) is 17.6. The van der Waals surface area contributed by atoms with Crippen molar-refractivity contribution in [3.05, 3.63) is 181 Å². The summed E-state index contributed by atoms with van der Waals surface area (Å²) in [4.78, 5) is 12.6. The topological polar surface area (TPSA) is 37.8 Å². The first-order valence-corrected chi connectivity index (χ1v) is 18.1.